The molecule has 0 saturated carbocycles. The molecule has 0 aliphatic heterocycles. The van der Waals surface area contributed by atoms with E-state index in [2.05, 4.69) is 34.2 Å². The van der Waals surface area contributed by atoms with Gasteiger partial charge in [-0.05, 0) is 35.4 Å². The third-order valence-electron chi connectivity index (χ3n) is 4.69. The number of aromatic nitrogens is 2. The quantitative estimate of drug-likeness (QED) is 0.391. The summed E-state index contributed by atoms with van der Waals surface area (Å²) in [5.41, 5.74) is 3.83. The predicted molar refractivity (Wildman–Crippen MR) is 122 cm³/mol. The maximum absolute atomic E-state index is 4.93. The first kappa shape index (κ1) is 19.4. The van der Waals surface area contributed by atoms with E-state index < -0.39 is 0 Å². The fraction of sp³-hybridized carbons (Fsp3) is 0.0769. The number of nitrogens with zero attached hydrogens (tertiary/aromatic N) is 4. The first-order valence-electron chi connectivity index (χ1n) is 9.88. The molecule has 146 valence electrons. The Morgan fingerprint density at radius 2 is 0.900 bits per heavy atom. The number of pyridine rings is 2. The highest BCUT2D eigenvalue weighted by Gasteiger charge is 2.23. The molecule has 0 spiro atoms. The van der Waals surface area contributed by atoms with Crippen molar-refractivity contribution in [2.45, 2.75) is 12.1 Å². The van der Waals surface area contributed by atoms with E-state index >= 15 is 0 Å². The van der Waals surface area contributed by atoms with Gasteiger partial charge in [-0.1, -0.05) is 72.8 Å². The average Bonchev–Trinajstić information content (AvgIpc) is 2.83. The van der Waals surface area contributed by atoms with E-state index in [1.807, 2.05) is 85.2 Å². The summed E-state index contributed by atoms with van der Waals surface area (Å²) in [7, 11) is 0. The Morgan fingerprint density at radius 3 is 1.27 bits per heavy atom. The van der Waals surface area contributed by atoms with E-state index in [1.54, 1.807) is 12.4 Å². The van der Waals surface area contributed by atoms with E-state index in [0.29, 0.717) is 0 Å². The van der Waals surface area contributed by atoms with Crippen molar-refractivity contribution in [1.82, 2.24) is 9.97 Å². The molecule has 0 aliphatic carbocycles. The number of hydrogen-bond acceptors (Lipinski definition) is 4. The van der Waals surface area contributed by atoms with Gasteiger partial charge in [0.1, 0.15) is 12.1 Å². The molecule has 2 unspecified atom stereocenters. The molecular formula is C26H22N4. The average molecular weight is 390 g/mol. The highest BCUT2D eigenvalue weighted by molar-refractivity contribution is 5.78. The fourth-order valence-electron chi connectivity index (χ4n) is 3.22. The van der Waals surface area contributed by atoms with E-state index in [1.165, 1.54) is 0 Å². The molecular weight excluding hydrogens is 368 g/mol. The molecule has 0 bridgehead atoms. The standard InChI is InChI=1S/C26H22N4/c1-3-11-21(12-4-1)25(29-19-23-15-7-9-17-27-23)26(22-13-5-2-6-14-22)30-20-24-16-8-10-18-28-24/h1-20,25-26H/b29-19+,30-20+. The van der Waals surface area contributed by atoms with Gasteiger partial charge in [-0.25, -0.2) is 0 Å². The van der Waals surface area contributed by atoms with Crippen LogP contribution in [0, 0.1) is 0 Å². The zero-order valence-electron chi connectivity index (χ0n) is 16.5. The molecule has 0 N–H and O–H groups in total. The van der Waals surface area contributed by atoms with Gasteiger partial charge in [0.05, 0.1) is 11.4 Å². The summed E-state index contributed by atoms with van der Waals surface area (Å²) in [5, 5.41) is 0. The summed E-state index contributed by atoms with van der Waals surface area (Å²) >= 11 is 0. The molecule has 30 heavy (non-hydrogen) atoms. The summed E-state index contributed by atoms with van der Waals surface area (Å²) in [5.74, 6) is 0. The van der Waals surface area contributed by atoms with Crippen molar-refractivity contribution in [3.05, 3.63) is 132 Å². The third-order valence-corrected chi connectivity index (χ3v) is 4.69. The van der Waals surface area contributed by atoms with Crippen LogP contribution in [0.2, 0.25) is 0 Å². The minimum atomic E-state index is -0.199. The maximum Gasteiger partial charge on any atom is 0.101 e. The van der Waals surface area contributed by atoms with Gasteiger partial charge < -0.3 is 0 Å². The monoisotopic (exact) mass is 390 g/mol. The van der Waals surface area contributed by atoms with E-state index in [-0.39, 0.29) is 12.1 Å². The Labute approximate surface area is 176 Å². The Bertz CT molecular complexity index is 988. The Hall–Kier alpha value is -3.92. The molecule has 0 amide bonds. The first-order valence-corrected chi connectivity index (χ1v) is 9.88. The van der Waals surface area contributed by atoms with Crippen LogP contribution in [0.3, 0.4) is 0 Å². The van der Waals surface area contributed by atoms with Gasteiger partial charge in [-0.15, -0.1) is 0 Å². The number of benzene rings is 2. The lowest BCUT2D eigenvalue weighted by molar-refractivity contribution is 0.583. The Morgan fingerprint density at radius 1 is 0.500 bits per heavy atom. The van der Waals surface area contributed by atoms with Crippen LogP contribution >= 0.6 is 0 Å². The molecule has 4 rings (SSSR count). The molecule has 2 aromatic carbocycles. The van der Waals surface area contributed by atoms with Gasteiger partial charge in [0.2, 0.25) is 0 Å². The molecule has 4 nitrogen and oxygen atoms in total. The van der Waals surface area contributed by atoms with Gasteiger partial charge in [0.15, 0.2) is 0 Å². The molecule has 0 fully saturated rings. The highest BCUT2D eigenvalue weighted by atomic mass is 14.9. The lowest BCUT2D eigenvalue weighted by Crippen LogP contribution is -2.09. The molecule has 0 aliphatic rings. The third kappa shape index (κ3) is 5.11. The van der Waals surface area contributed by atoms with Crippen molar-refractivity contribution in [3.63, 3.8) is 0 Å². The van der Waals surface area contributed by atoms with Gasteiger partial charge in [-0.2, -0.15) is 0 Å². The minimum absolute atomic E-state index is 0.199. The SMILES string of the molecule is C(=N\C(c1ccccc1)C(/N=C/c1ccccn1)c1ccccc1)/c1ccccn1. The topological polar surface area (TPSA) is 50.5 Å². The largest absolute Gasteiger partial charge is 0.280 e. The van der Waals surface area contributed by atoms with Gasteiger partial charge in [-0.3, -0.25) is 20.0 Å². The van der Waals surface area contributed by atoms with E-state index in [9.17, 15) is 0 Å². The second kappa shape index (κ2) is 10.0. The van der Waals surface area contributed by atoms with Crippen LogP contribution < -0.4 is 0 Å². The molecule has 2 atom stereocenters. The van der Waals surface area contributed by atoms with Crippen molar-refractivity contribution >= 4 is 12.4 Å². The van der Waals surface area contributed by atoms with Crippen molar-refractivity contribution in [3.8, 4) is 0 Å². The molecule has 2 heterocycles. The van der Waals surface area contributed by atoms with Crippen molar-refractivity contribution in [2.75, 3.05) is 0 Å². The molecule has 4 aromatic rings. The van der Waals surface area contributed by atoms with Crippen LogP contribution in [0.25, 0.3) is 0 Å². The fourth-order valence-corrected chi connectivity index (χ4v) is 3.22. The lowest BCUT2D eigenvalue weighted by Gasteiger charge is -2.22. The zero-order chi connectivity index (χ0) is 20.4. The normalized spacial score (nSPS) is 13.5. The van der Waals surface area contributed by atoms with E-state index in [0.717, 1.165) is 22.5 Å². The summed E-state index contributed by atoms with van der Waals surface area (Å²) in [6.45, 7) is 0. The Kier molecular flexibility index (Phi) is 6.48. The van der Waals surface area contributed by atoms with Gasteiger partial charge in [0, 0.05) is 24.8 Å². The van der Waals surface area contributed by atoms with Crippen molar-refractivity contribution < 1.29 is 0 Å². The minimum Gasteiger partial charge on any atom is -0.280 e. The van der Waals surface area contributed by atoms with Crippen molar-refractivity contribution in [2.24, 2.45) is 9.98 Å². The molecule has 4 heteroatoms. The van der Waals surface area contributed by atoms with Crippen LogP contribution in [-0.4, -0.2) is 22.4 Å². The van der Waals surface area contributed by atoms with Gasteiger partial charge in [0.25, 0.3) is 0 Å². The van der Waals surface area contributed by atoms with Crippen LogP contribution in [0.4, 0.5) is 0 Å². The zero-order valence-corrected chi connectivity index (χ0v) is 16.5. The molecule has 0 saturated heterocycles. The highest BCUT2D eigenvalue weighted by Crippen LogP contribution is 2.35. The summed E-state index contributed by atoms with van der Waals surface area (Å²) in [6.07, 6.45) is 7.19. The number of rotatable bonds is 7. The maximum atomic E-state index is 4.93. The molecule has 0 radical (unpaired) electrons. The summed E-state index contributed by atoms with van der Waals surface area (Å²) in [4.78, 5) is 18.6. The first-order chi connectivity index (χ1) is 14.9. The van der Waals surface area contributed by atoms with Crippen LogP contribution in [0.5, 0.6) is 0 Å². The predicted octanol–water partition coefficient (Wildman–Crippen LogP) is 5.50. The van der Waals surface area contributed by atoms with Crippen LogP contribution in [0.15, 0.2) is 119 Å². The van der Waals surface area contributed by atoms with Crippen LogP contribution in [-0.2, 0) is 0 Å². The second-order valence-electron chi connectivity index (χ2n) is 6.78. The lowest BCUT2D eigenvalue weighted by atomic mass is 9.94. The van der Waals surface area contributed by atoms with Crippen LogP contribution in [0.1, 0.15) is 34.6 Å². The van der Waals surface area contributed by atoms with Gasteiger partial charge >= 0.3 is 0 Å². The summed E-state index contributed by atoms with van der Waals surface area (Å²) < 4.78 is 0. The Balaban J connectivity index is 1.76. The summed E-state index contributed by atoms with van der Waals surface area (Å²) in [6, 6.07) is 31.7. The van der Waals surface area contributed by atoms with Crippen molar-refractivity contribution in [1.29, 1.82) is 0 Å². The smallest absolute Gasteiger partial charge is 0.101 e. The molecule has 2 aromatic heterocycles. The number of hydrogen-bond donors (Lipinski definition) is 0. The second-order valence-corrected chi connectivity index (χ2v) is 6.78. The number of aliphatic imine (C=N–C) groups is 2. The van der Waals surface area contributed by atoms with E-state index in [4.69, 9.17) is 9.98 Å².